The highest BCUT2D eigenvalue weighted by atomic mass is 79.9. The highest BCUT2D eigenvalue weighted by molar-refractivity contribution is 9.11. The zero-order valence-electron chi connectivity index (χ0n) is 10.7. The Morgan fingerprint density at radius 3 is 2.45 bits per heavy atom. The van der Waals surface area contributed by atoms with E-state index in [0.717, 1.165) is 25.8 Å². The summed E-state index contributed by atoms with van der Waals surface area (Å²) in [6.07, 6.45) is 0. The topological polar surface area (TPSA) is 9.23 Å². The number of hydrogen-bond acceptors (Lipinski definition) is 1. The van der Waals surface area contributed by atoms with Crippen molar-refractivity contribution in [2.24, 2.45) is 0 Å². The smallest absolute Gasteiger partial charge is 0.123 e. The van der Waals surface area contributed by atoms with Crippen LogP contribution < -0.4 is 4.74 Å². The van der Waals surface area contributed by atoms with Crippen LogP contribution in [-0.4, -0.2) is 6.61 Å². The van der Waals surface area contributed by atoms with Crippen molar-refractivity contribution in [2.45, 2.75) is 11.8 Å². The zero-order chi connectivity index (χ0) is 14.7. The molecule has 2 rings (SSSR count). The molecule has 0 aliphatic rings. The Morgan fingerprint density at radius 2 is 1.80 bits per heavy atom. The highest BCUT2D eigenvalue weighted by Crippen LogP contribution is 2.40. The first-order valence-corrected chi connectivity index (χ1v) is 8.54. The first kappa shape index (κ1) is 16.0. The van der Waals surface area contributed by atoms with E-state index in [1.54, 1.807) is 6.07 Å². The zero-order valence-corrected chi connectivity index (χ0v) is 15.4. The maximum absolute atomic E-state index is 13.4. The molecule has 0 aliphatic carbocycles. The van der Waals surface area contributed by atoms with Gasteiger partial charge in [-0.1, -0.05) is 53.9 Å². The van der Waals surface area contributed by atoms with Crippen molar-refractivity contribution in [3.63, 3.8) is 0 Å². The molecule has 0 saturated carbocycles. The molecule has 0 spiro atoms. The lowest BCUT2D eigenvalue weighted by atomic mass is 10.0. The van der Waals surface area contributed by atoms with Crippen molar-refractivity contribution in [3.05, 3.63) is 62.3 Å². The quantitative estimate of drug-likeness (QED) is 0.485. The Bertz CT molecular complexity index is 616. The first-order valence-electron chi connectivity index (χ1n) is 6.04. The van der Waals surface area contributed by atoms with Crippen LogP contribution in [0, 0.1) is 5.82 Å². The third-order valence-corrected chi connectivity index (χ3v) is 5.18. The lowest BCUT2D eigenvalue weighted by molar-refractivity contribution is 0.340. The summed E-state index contributed by atoms with van der Waals surface area (Å²) in [5.74, 6) is 0.552. The molecule has 0 saturated heterocycles. The molecule has 106 valence electrons. The molecule has 2 aromatic rings. The molecule has 0 aromatic heterocycles. The number of alkyl halides is 1. The highest BCUT2D eigenvalue weighted by Gasteiger charge is 2.17. The molecular formula is C15H12Br3FO. The van der Waals surface area contributed by atoms with Crippen molar-refractivity contribution < 1.29 is 9.13 Å². The molecule has 0 heterocycles. The Morgan fingerprint density at radius 1 is 1.05 bits per heavy atom. The van der Waals surface area contributed by atoms with Crippen molar-refractivity contribution in [1.29, 1.82) is 0 Å². The molecule has 0 bridgehead atoms. The van der Waals surface area contributed by atoms with Crippen LogP contribution in [0.4, 0.5) is 4.39 Å². The average molecular weight is 467 g/mol. The third-order valence-electron chi connectivity index (χ3n) is 2.79. The Labute approximate surface area is 142 Å². The molecule has 5 heteroatoms. The van der Waals surface area contributed by atoms with Crippen LogP contribution in [0.3, 0.4) is 0 Å². The Hall–Kier alpha value is -0.390. The Balaban J connectivity index is 2.38. The summed E-state index contributed by atoms with van der Waals surface area (Å²) in [4.78, 5) is -0.113. The summed E-state index contributed by atoms with van der Waals surface area (Å²) in [5.41, 5.74) is 1.86. The van der Waals surface area contributed by atoms with E-state index in [1.165, 1.54) is 12.1 Å². The normalized spacial score (nSPS) is 12.2. The lowest BCUT2D eigenvalue weighted by Crippen LogP contribution is -1.98. The average Bonchev–Trinajstić information content (AvgIpc) is 2.41. The summed E-state index contributed by atoms with van der Waals surface area (Å²) in [5, 5.41) is 0. The molecule has 0 aliphatic heterocycles. The minimum atomic E-state index is -0.255. The molecule has 2 aromatic carbocycles. The fourth-order valence-electron chi connectivity index (χ4n) is 1.85. The van der Waals surface area contributed by atoms with Gasteiger partial charge < -0.3 is 4.74 Å². The van der Waals surface area contributed by atoms with Crippen LogP contribution in [0.5, 0.6) is 5.75 Å². The largest absolute Gasteiger partial charge is 0.494 e. The molecule has 0 amide bonds. The predicted molar refractivity (Wildman–Crippen MR) is 90.2 cm³/mol. The Kier molecular flexibility index (Phi) is 5.64. The second-order valence-electron chi connectivity index (χ2n) is 4.14. The van der Waals surface area contributed by atoms with Crippen LogP contribution in [0.2, 0.25) is 0 Å². The summed E-state index contributed by atoms with van der Waals surface area (Å²) < 4.78 is 20.7. The summed E-state index contributed by atoms with van der Waals surface area (Å²) in [7, 11) is 0. The second-order valence-corrected chi connectivity index (χ2v) is 6.77. The molecule has 1 nitrogen and oxygen atoms in total. The van der Waals surface area contributed by atoms with Gasteiger partial charge in [-0.2, -0.15) is 0 Å². The van der Waals surface area contributed by atoms with E-state index < -0.39 is 0 Å². The van der Waals surface area contributed by atoms with Gasteiger partial charge in [-0.3, -0.25) is 0 Å². The maximum atomic E-state index is 13.4. The minimum Gasteiger partial charge on any atom is -0.494 e. The van der Waals surface area contributed by atoms with Gasteiger partial charge in [0.25, 0.3) is 0 Å². The number of halogens is 4. The molecular weight excluding hydrogens is 455 g/mol. The van der Waals surface area contributed by atoms with E-state index in [4.69, 9.17) is 4.74 Å². The number of rotatable bonds is 4. The van der Waals surface area contributed by atoms with Crippen LogP contribution in [0.15, 0.2) is 45.3 Å². The lowest BCUT2D eigenvalue weighted by Gasteiger charge is -2.15. The van der Waals surface area contributed by atoms with Gasteiger partial charge in [-0.25, -0.2) is 4.39 Å². The standard InChI is InChI=1S/C15H12Br3FO/c1-2-20-10-4-5-11(14(17)8-10)15(18)12-7-9(19)3-6-13(12)16/h3-8,15H,2H2,1H3. The molecule has 20 heavy (non-hydrogen) atoms. The van der Waals surface area contributed by atoms with E-state index >= 15 is 0 Å². The van der Waals surface area contributed by atoms with Gasteiger partial charge in [0, 0.05) is 8.95 Å². The van der Waals surface area contributed by atoms with Crippen molar-refractivity contribution in [3.8, 4) is 5.75 Å². The van der Waals surface area contributed by atoms with Gasteiger partial charge in [-0.05, 0) is 48.4 Å². The van der Waals surface area contributed by atoms with Crippen molar-refractivity contribution >= 4 is 47.8 Å². The summed E-state index contributed by atoms with van der Waals surface area (Å²) >= 11 is 10.6. The van der Waals surface area contributed by atoms with Gasteiger partial charge in [0.15, 0.2) is 0 Å². The predicted octanol–water partition coefficient (Wildman–Crippen LogP) is 6.23. The summed E-state index contributed by atoms with van der Waals surface area (Å²) in [6.45, 7) is 2.57. The molecule has 1 atom stereocenters. The van der Waals surface area contributed by atoms with Crippen LogP contribution >= 0.6 is 47.8 Å². The molecule has 0 radical (unpaired) electrons. The van der Waals surface area contributed by atoms with Gasteiger partial charge >= 0.3 is 0 Å². The SMILES string of the molecule is CCOc1ccc(C(Br)c2cc(F)ccc2Br)c(Br)c1. The first-order chi connectivity index (χ1) is 9.52. The number of ether oxygens (including phenoxy) is 1. The van der Waals surface area contributed by atoms with E-state index in [9.17, 15) is 4.39 Å². The van der Waals surface area contributed by atoms with Crippen LogP contribution in [-0.2, 0) is 0 Å². The van der Waals surface area contributed by atoms with E-state index in [-0.39, 0.29) is 10.6 Å². The maximum Gasteiger partial charge on any atom is 0.123 e. The number of benzene rings is 2. The van der Waals surface area contributed by atoms with E-state index in [2.05, 4.69) is 47.8 Å². The fraction of sp³-hybridized carbons (Fsp3) is 0.200. The van der Waals surface area contributed by atoms with Gasteiger partial charge in [-0.15, -0.1) is 0 Å². The van der Waals surface area contributed by atoms with Crippen molar-refractivity contribution in [2.75, 3.05) is 6.61 Å². The summed E-state index contributed by atoms with van der Waals surface area (Å²) in [6, 6.07) is 10.4. The van der Waals surface area contributed by atoms with Gasteiger partial charge in [0.1, 0.15) is 11.6 Å². The van der Waals surface area contributed by atoms with Gasteiger partial charge in [0.05, 0.1) is 11.4 Å². The van der Waals surface area contributed by atoms with Crippen molar-refractivity contribution in [1.82, 2.24) is 0 Å². The molecule has 0 fully saturated rings. The monoisotopic (exact) mass is 464 g/mol. The second kappa shape index (κ2) is 7.05. The minimum absolute atomic E-state index is 0.113. The van der Waals surface area contributed by atoms with Gasteiger partial charge in [0.2, 0.25) is 0 Å². The molecule has 1 unspecified atom stereocenters. The fourth-order valence-corrected chi connectivity index (χ4v) is 4.30. The van der Waals surface area contributed by atoms with Crippen LogP contribution in [0.25, 0.3) is 0 Å². The van der Waals surface area contributed by atoms with Crippen LogP contribution in [0.1, 0.15) is 22.9 Å². The van der Waals surface area contributed by atoms with E-state index in [1.807, 2.05) is 25.1 Å². The van der Waals surface area contributed by atoms with E-state index in [0.29, 0.717) is 6.61 Å². The third kappa shape index (κ3) is 3.62. The molecule has 0 N–H and O–H groups in total. The number of hydrogen-bond donors (Lipinski definition) is 0.